The van der Waals surface area contributed by atoms with E-state index in [2.05, 4.69) is 34.4 Å². The Kier molecular flexibility index (Phi) is 7.38. The number of guanidine groups is 1. The van der Waals surface area contributed by atoms with Crippen LogP contribution in [0.1, 0.15) is 71.6 Å². The Labute approximate surface area is 147 Å². The maximum atomic E-state index is 11.9. The molecule has 1 atom stereocenters. The van der Waals surface area contributed by atoms with Crippen molar-refractivity contribution in [2.45, 2.75) is 77.7 Å². The number of carbonyl (C=O) groups excluding carboxylic acids is 1. The van der Waals surface area contributed by atoms with Crippen LogP contribution < -0.4 is 10.6 Å². The molecule has 2 N–H and O–H groups in total. The lowest BCUT2D eigenvalue weighted by Crippen LogP contribution is -2.44. The predicted octanol–water partition coefficient (Wildman–Crippen LogP) is 2.91. The second kappa shape index (κ2) is 9.28. The van der Waals surface area contributed by atoms with Crippen LogP contribution >= 0.6 is 0 Å². The summed E-state index contributed by atoms with van der Waals surface area (Å²) in [6.45, 7) is 7.30. The molecule has 2 aliphatic rings. The molecule has 2 rings (SSSR count). The lowest BCUT2D eigenvalue weighted by molar-refractivity contribution is -0.129. The molecule has 1 saturated heterocycles. The molecule has 0 aromatic rings. The third kappa shape index (κ3) is 4.87. The number of likely N-dealkylation sites (tertiary alicyclic amines) is 1. The molecule has 0 bridgehead atoms. The average Bonchev–Trinajstić information content (AvgIpc) is 3.24. The van der Waals surface area contributed by atoms with Crippen LogP contribution in [0.15, 0.2) is 4.99 Å². The second-order valence-corrected chi connectivity index (χ2v) is 7.45. The summed E-state index contributed by atoms with van der Waals surface area (Å²) >= 11 is 0. The van der Waals surface area contributed by atoms with Crippen molar-refractivity contribution in [2.75, 3.05) is 26.7 Å². The van der Waals surface area contributed by atoms with Gasteiger partial charge in [-0.05, 0) is 43.9 Å². The fraction of sp³-hybridized carbons (Fsp3) is 0.895. The van der Waals surface area contributed by atoms with Gasteiger partial charge < -0.3 is 15.5 Å². The highest BCUT2D eigenvalue weighted by atomic mass is 16.2. The molecule has 1 amide bonds. The van der Waals surface area contributed by atoms with Gasteiger partial charge in [0.15, 0.2) is 5.96 Å². The normalized spacial score (nSPS) is 22.0. The lowest BCUT2D eigenvalue weighted by Gasteiger charge is -2.29. The number of nitrogens with one attached hydrogen (secondary N) is 2. The Morgan fingerprint density at radius 2 is 2.00 bits per heavy atom. The van der Waals surface area contributed by atoms with Crippen LogP contribution in [0.5, 0.6) is 0 Å². The topological polar surface area (TPSA) is 56.7 Å². The average molecular weight is 337 g/mol. The maximum Gasteiger partial charge on any atom is 0.222 e. The highest BCUT2D eigenvalue weighted by molar-refractivity contribution is 5.80. The molecular weight excluding hydrogens is 300 g/mol. The zero-order valence-electron chi connectivity index (χ0n) is 15.9. The molecule has 5 heteroatoms. The van der Waals surface area contributed by atoms with Crippen molar-refractivity contribution >= 4 is 11.9 Å². The summed E-state index contributed by atoms with van der Waals surface area (Å²) in [7, 11) is 1.84. The molecule has 5 nitrogen and oxygen atoms in total. The van der Waals surface area contributed by atoms with E-state index in [4.69, 9.17) is 0 Å². The van der Waals surface area contributed by atoms with Gasteiger partial charge in [-0.3, -0.25) is 9.79 Å². The molecule has 24 heavy (non-hydrogen) atoms. The minimum atomic E-state index is 0.329. The van der Waals surface area contributed by atoms with E-state index in [-0.39, 0.29) is 0 Å². The van der Waals surface area contributed by atoms with Crippen molar-refractivity contribution in [1.82, 2.24) is 15.5 Å². The van der Waals surface area contributed by atoms with Crippen LogP contribution in [0, 0.1) is 5.41 Å². The van der Waals surface area contributed by atoms with Crippen LogP contribution in [0.3, 0.4) is 0 Å². The Morgan fingerprint density at radius 1 is 1.25 bits per heavy atom. The number of rotatable bonds is 8. The van der Waals surface area contributed by atoms with Crippen molar-refractivity contribution in [3.63, 3.8) is 0 Å². The van der Waals surface area contributed by atoms with Gasteiger partial charge >= 0.3 is 0 Å². The molecule has 1 saturated carbocycles. The van der Waals surface area contributed by atoms with E-state index >= 15 is 0 Å². The van der Waals surface area contributed by atoms with Gasteiger partial charge in [0.1, 0.15) is 0 Å². The lowest BCUT2D eigenvalue weighted by atomic mass is 9.83. The van der Waals surface area contributed by atoms with Crippen LogP contribution in [-0.4, -0.2) is 49.5 Å². The van der Waals surface area contributed by atoms with E-state index in [9.17, 15) is 4.79 Å². The third-order valence-electron chi connectivity index (χ3n) is 6.06. The molecule has 0 aromatic heterocycles. The zero-order chi connectivity index (χ0) is 17.4. The summed E-state index contributed by atoms with van der Waals surface area (Å²) in [5.41, 5.74) is 0.464. The number of amides is 1. The van der Waals surface area contributed by atoms with E-state index in [0.717, 1.165) is 51.3 Å². The predicted molar refractivity (Wildman–Crippen MR) is 100 cm³/mol. The maximum absolute atomic E-state index is 11.9. The molecule has 1 unspecified atom stereocenters. The molecule has 2 fully saturated rings. The standard InChI is InChI=1S/C19H36N4O/c1-4-16(23-14-8-9-17(23)24)10-13-21-18(20-3)22-15-19(5-2)11-6-7-12-19/h16H,4-15H2,1-3H3,(H2,20,21,22). The molecular formula is C19H36N4O. The van der Waals surface area contributed by atoms with Crippen molar-refractivity contribution in [3.05, 3.63) is 0 Å². The molecule has 1 heterocycles. The van der Waals surface area contributed by atoms with Crippen LogP contribution in [0.25, 0.3) is 0 Å². The van der Waals surface area contributed by atoms with Crippen LogP contribution in [-0.2, 0) is 4.79 Å². The molecule has 0 aromatic carbocycles. The van der Waals surface area contributed by atoms with E-state index in [1.807, 2.05) is 7.05 Å². The summed E-state index contributed by atoms with van der Waals surface area (Å²) in [5, 5.41) is 6.97. The molecule has 1 aliphatic carbocycles. The summed E-state index contributed by atoms with van der Waals surface area (Å²) in [5.74, 6) is 1.23. The molecule has 0 spiro atoms. The molecule has 0 radical (unpaired) electrons. The van der Waals surface area contributed by atoms with Gasteiger partial charge in [-0.1, -0.05) is 26.7 Å². The highest BCUT2D eigenvalue weighted by Gasteiger charge is 2.32. The minimum Gasteiger partial charge on any atom is -0.356 e. The molecule has 138 valence electrons. The van der Waals surface area contributed by atoms with Crippen molar-refractivity contribution < 1.29 is 4.79 Å². The van der Waals surface area contributed by atoms with Crippen LogP contribution in [0.2, 0.25) is 0 Å². The van der Waals surface area contributed by atoms with E-state index in [0.29, 0.717) is 17.4 Å². The summed E-state index contributed by atoms with van der Waals surface area (Å²) in [6.07, 6.45) is 10.4. The van der Waals surface area contributed by atoms with Crippen LogP contribution in [0.4, 0.5) is 0 Å². The summed E-state index contributed by atoms with van der Waals surface area (Å²) in [6, 6.07) is 0.363. The van der Waals surface area contributed by atoms with Gasteiger partial charge in [0.05, 0.1) is 0 Å². The van der Waals surface area contributed by atoms with Gasteiger partial charge in [0, 0.05) is 39.1 Å². The summed E-state index contributed by atoms with van der Waals surface area (Å²) < 4.78 is 0. The highest BCUT2D eigenvalue weighted by Crippen LogP contribution is 2.40. The largest absolute Gasteiger partial charge is 0.356 e. The van der Waals surface area contributed by atoms with E-state index in [1.54, 1.807) is 0 Å². The first-order valence-electron chi connectivity index (χ1n) is 9.88. The zero-order valence-corrected chi connectivity index (χ0v) is 15.9. The van der Waals surface area contributed by atoms with Gasteiger partial charge in [-0.25, -0.2) is 0 Å². The quantitative estimate of drug-likeness (QED) is 0.529. The van der Waals surface area contributed by atoms with Gasteiger partial charge in [0.25, 0.3) is 0 Å². The summed E-state index contributed by atoms with van der Waals surface area (Å²) in [4.78, 5) is 18.4. The first-order valence-corrected chi connectivity index (χ1v) is 9.88. The Balaban J connectivity index is 1.73. The minimum absolute atomic E-state index is 0.329. The fourth-order valence-electron chi connectivity index (χ4n) is 4.26. The van der Waals surface area contributed by atoms with Gasteiger partial charge in [0.2, 0.25) is 5.91 Å². The number of hydrogen-bond acceptors (Lipinski definition) is 2. The fourth-order valence-corrected chi connectivity index (χ4v) is 4.26. The van der Waals surface area contributed by atoms with Crippen molar-refractivity contribution in [1.29, 1.82) is 0 Å². The number of nitrogens with zero attached hydrogens (tertiary/aromatic N) is 2. The Morgan fingerprint density at radius 3 is 2.54 bits per heavy atom. The van der Waals surface area contributed by atoms with Gasteiger partial charge in [-0.2, -0.15) is 0 Å². The Hall–Kier alpha value is -1.26. The monoisotopic (exact) mass is 336 g/mol. The van der Waals surface area contributed by atoms with Gasteiger partial charge in [-0.15, -0.1) is 0 Å². The van der Waals surface area contributed by atoms with E-state index in [1.165, 1.54) is 32.1 Å². The first-order chi connectivity index (χ1) is 11.6. The third-order valence-corrected chi connectivity index (χ3v) is 6.06. The number of aliphatic imine (C=N–C) groups is 1. The number of hydrogen-bond donors (Lipinski definition) is 2. The van der Waals surface area contributed by atoms with Crippen molar-refractivity contribution in [3.8, 4) is 0 Å². The molecule has 1 aliphatic heterocycles. The van der Waals surface area contributed by atoms with E-state index < -0.39 is 0 Å². The van der Waals surface area contributed by atoms with Crippen molar-refractivity contribution in [2.24, 2.45) is 10.4 Å². The second-order valence-electron chi connectivity index (χ2n) is 7.45. The first kappa shape index (κ1) is 19.1. The number of carbonyl (C=O) groups is 1. The SMILES string of the molecule is CCC(CCNC(=NC)NCC1(CC)CCCC1)N1CCCC1=O. The Bertz CT molecular complexity index is 429. The smallest absolute Gasteiger partial charge is 0.222 e.